The molecule has 0 unspecified atom stereocenters. The van der Waals surface area contributed by atoms with Gasteiger partial charge < -0.3 is 5.73 Å². The van der Waals surface area contributed by atoms with Gasteiger partial charge in [0.2, 0.25) is 5.91 Å². The summed E-state index contributed by atoms with van der Waals surface area (Å²) in [6.07, 6.45) is 6.19. The van der Waals surface area contributed by atoms with Gasteiger partial charge in [-0.1, -0.05) is 37.5 Å². The molecule has 6 nitrogen and oxygen atoms in total. The Bertz CT molecular complexity index is 920. The standard InChI is InChI=1S/C21H27N3O3S/c1-24(18-8-3-2-4-9-18)15-17-7-5-6-10-20(17)23-28(26,27)19-13-11-16(12-14-19)21(22)25/h5-7,10-14,18,23H,2-4,8-9,15H2,1H3,(H2,22,25). The highest BCUT2D eigenvalue weighted by atomic mass is 32.2. The normalized spacial score (nSPS) is 15.5. The monoisotopic (exact) mass is 401 g/mol. The van der Waals surface area contributed by atoms with Crippen LogP contribution in [0, 0.1) is 0 Å². The first kappa shape index (κ1) is 20.4. The van der Waals surface area contributed by atoms with Gasteiger partial charge in [0.1, 0.15) is 0 Å². The highest BCUT2D eigenvalue weighted by Crippen LogP contribution is 2.26. The Morgan fingerprint density at radius 2 is 1.71 bits per heavy atom. The second kappa shape index (κ2) is 8.75. The molecule has 0 aromatic heterocycles. The molecule has 0 radical (unpaired) electrons. The molecular weight excluding hydrogens is 374 g/mol. The van der Waals surface area contributed by atoms with E-state index in [1.807, 2.05) is 18.2 Å². The van der Waals surface area contributed by atoms with Crippen molar-refractivity contribution in [3.05, 3.63) is 59.7 Å². The van der Waals surface area contributed by atoms with Crippen LogP contribution in [-0.2, 0) is 16.6 Å². The van der Waals surface area contributed by atoms with E-state index < -0.39 is 15.9 Å². The fourth-order valence-corrected chi connectivity index (χ4v) is 4.78. The molecule has 0 saturated heterocycles. The van der Waals surface area contributed by atoms with Crippen molar-refractivity contribution in [3.63, 3.8) is 0 Å². The first-order valence-electron chi connectivity index (χ1n) is 9.57. The number of hydrogen-bond donors (Lipinski definition) is 2. The lowest BCUT2D eigenvalue weighted by Crippen LogP contribution is -2.33. The molecule has 3 rings (SSSR count). The number of primary amides is 1. The van der Waals surface area contributed by atoms with Gasteiger partial charge in [-0.3, -0.25) is 14.4 Å². The van der Waals surface area contributed by atoms with Gasteiger partial charge >= 0.3 is 0 Å². The lowest BCUT2D eigenvalue weighted by atomic mass is 9.94. The largest absolute Gasteiger partial charge is 0.366 e. The van der Waals surface area contributed by atoms with Gasteiger partial charge in [0.05, 0.1) is 10.6 Å². The smallest absolute Gasteiger partial charge is 0.261 e. The van der Waals surface area contributed by atoms with E-state index in [-0.39, 0.29) is 10.5 Å². The minimum atomic E-state index is -3.76. The Balaban J connectivity index is 1.77. The molecule has 1 amide bonds. The van der Waals surface area contributed by atoms with Gasteiger partial charge in [-0.2, -0.15) is 0 Å². The van der Waals surface area contributed by atoms with Crippen LogP contribution in [0.15, 0.2) is 53.4 Å². The summed E-state index contributed by atoms with van der Waals surface area (Å²) in [6.45, 7) is 0.684. The molecule has 0 atom stereocenters. The summed E-state index contributed by atoms with van der Waals surface area (Å²) in [7, 11) is -1.66. The molecule has 1 saturated carbocycles. The number of nitrogens with two attached hydrogens (primary N) is 1. The second-order valence-corrected chi connectivity index (χ2v) is 9.04. The highest BCUT2D eigenvalue weighted by Gasteiger charge is 2.20. The van der Waals surface area contributed by atoms with Crippen molar-refractivity contribution in [3.8, 4) is 0 Å². The van der Waals surface area contributed by atoms with E-state index in [1.165, 1.54) is 56.4 Å². The average Bonchev–Trinajstić information content (AvgIpc) is 2.70. The van der Waals surface area contributed by atoms with Gasteiger partial charge in [0.25, 0.3) is 10.0 Å². The van der Waals surface area contributed by atoms with Crippen LogP contribution in [0.3, 0.4) is 0 Å². The minimum Gasteiger partial charge on any atom is -0.366 e. The van der Waals surface area contributed by atoms with E-state index >= 15 is 0 Å². The van der Waals surface area contributed by atoms with Crippen LogP contribution in [0.2, 0.25) is 0 Å². The maximum atomic E-state index is 12.8. The first-order valence-corrected chi connectivity index (χ1v) is 11.1. The molecule has 150 valence electrons. The summed E-state index contributed by atoms with van der Waals surface area (Å²) in [5, 5.41) is 0. The summed E-state index contributed by atoms with van der Waals surface area (Å²) >= 11 is 0. The Kier molecular flexibility index (Phi) is 6.36. The van der Waals surface area contributed by atoms with Crippen molar-refractivity contribution < 1.29 is 13.2 Å². The number of carbonyl (C=O) groups is 1. The molecule has 1 fully saturated rings. The Morgan fingerprint density at radius 3 is 2.36 bits per heavy atom. The fraction of sp³-hybridized carbons (Fsp3) is 0.381. The number of sulfonamides is 1. The van der Waals surface area contributed by atoms with E-state index in [0.717, 1.165) is 5.56 Å². The average molecular weight is 402 g/mol. The maximum Gasteiger partial charge on any atom is 0.261 e. The van der Waals surface area contributed by atoms with Crippen molar-refractivity contribution in [2.75, 3.05) is 11.8 Å². The zero-order valence-electron chi connectivity index (χ0n) is 16.1. The van der Waals surface area contributed by atoms with E-state index in [0.29, 0.717) is 18.3 Å². The van der Waals surface area contributed by atoms with Crippen molar-refractivity contribution in [2.45, 2.75) is 49.6 Å². The lowest BCUT2D eigenvalue weighted by molar-refractivity contribution is 0.1000. The zero-order chi connectivity index (χ0) is 20.1. The van der Waals surface area contributed by atoms with Crippen LogP contribution in [0.1, 0.15) is 48.0 Å². The van der Waals surface area contributed by atoms with Crippen LogP contribution >= 0.6 is 0 Å². The number of rotatable bonds is 7. The fourth-order valence-electron chi connectivity index (χ4n) is 3.68. The molecule has 28 heavy (non-hydrogen) atoms. The summed E-state index contributed by atoms with van der Waals surface area (Å²) < 4.78 is 28.3. The molecular formula is C21H27N3O3S. The molecule has 0 heterocycles. The van der Waals surface area contributed by atoms with Gasteiger partial charge in [-0.05, 0) is 55.8 Å². The number of nitrogens with zero attached hydrogens (tertiary/aromatic N) is 1. The maximum absolute atomic E-state index is 12.8. The molecule has 2 aromatic rings. The first-order chi connectivity index (χ1) is 13.4. The lowest BCUT2D eigenvalue weighted by Gasteiger charge is -2.31. The molecule has 2 aromatic carbocycles. The summed E-state index contributed by atoms with van der Waals surface area (Å²) in [6, 6.07) is 13.6. The van der Waals surface area contributed by atoms with Crippen molar-refractivity contribution in [1.29, 1.82) is 0 Å². The summed E-state index contributed by atoms with van der Waals surface area (Å²) in [5.41, 5.74) is 7.00. The number of benzene rings is 2. The van der Waals surface area contributed by atoms with Crippen LogP contribution in [-0.4, -0.2) is 32.3 Å². The quantitative estimate of drug-likeness (QED) is 0.744. The molecule has 1 aliphatic carbocycles. The van der Waals surface area contributed by atoms with E-state index in [2.05, 4.69) is 16.7 Å². The van der Waals surface area contributed by atoms with E-state index in [1.54, 1.807) is 6.07 Å². The van der Waals surface area contributed by atoms with Crippen molar-refractivity contribution in [1.82, 2.24) is 4.90 Å². The number of carbonyl (C=O) groups excluding carboxylic acids is 1. The molecule has 0 bridgehead atoms. The predicted molar refractivity (Wildman–Crippen MR) is 111 cm³/mol. The number of para-hydroxylation sites is 1. The third-order valence-electron chi connectivity index (χ3n) is 5.33. The second-order valence-electron chi connectivity index (χ2n) is 7.36. The Morgan fingerprint density at radius 1 is 1.07 bits per heavy atom. The third-order valence-corrected chi connectivity index (χ3v) is 6.71. The number of amides is 1. The van der Waals surface area contributed by atoms with Crippen molar-refractivity contribution >= 4 is 21.6 Å². The van der Waals surface area contributed by atoms with Gasteiger partial charge in [0.15, 0.2) is 0 Å². The van der Waals surface area contributed by atoms with Crippen LogP contribution < -0.4 is 10.5 Å². The van der Waals surface area contributed by atoms with Crippen molar-refractivity contribution in [2.24, 2.45) is 5.73 Å². The molecule has 1 aliphatic rings. The van der Waals surface area contributed by atoms with E-state index in [4.69, 9.17) is 5.73 Å². The molecule has 3 N–H and O–H groups in total. The number of hydrogen-bond acceptors (Lipinski definition) is 4. The summed E-state index contributed by atoms with van der Waals surface area (Å²) in [4.78, 5) is 13.6. The van der Waals surface area contributed by atoms with Crippen LogP contribution in [0.4, 0.5) is 5.69 Å². The molecule has 7 heteroatoms. The highest BCUT2D eigenvalue weighted by molar-refractivity contribution is 7.92. The van der Waals surface area contributed by atoms with Crippen LogP contribution in [0.25, 0.3) is 0 Å². The third kappa shape index (κ3) is 4.91. The Hall–Kier alpha value is -2.38. The van der Waals surface area contributed by atoms with Gasteiger partial charge in [-0.25, -0.2) is 8.42 Å². The molecule has 0 aliphatic heterocycles. The van der Waals surface area contributed by atoms with Crippen LogP contribution in [0.5, 0.6) is 0 Å². The summed E-state index contributed by atoms with van der Waals surface area (Å²) in [5.74, 6) is -0.590. The van der Waals surface area contributed by atoms with E-state index in [9.17, 15) is 13.2 Å². The number of nitrogens with one attached hydrogen (secondary N) is 1. The van der Waals surface area contributed by atoms with Gasteiger partial charge in [0, 0.05) is 18.2 Å². The molecule has 0 spiro atoms. The topological polar surface area (TPSA) is 92.5 Å². The predicted octanol–water partition coefficient (Wildman–Crippen LogP) is 3.35. The zero-order valence-corrected chi connectivity index (χ0v) is 16.9. The SMILES string of the molecule is CN(Cc1ccccc1NS(=O)(=O)c1ccc(C(N)=O)cc1)C1CCCCC1. The Labute approximate surface area is 166 Å². The number of anilines is 1. The minimum absolute atomic E-state index is 0.0907. The van der Waals surface area contributed by atoms with Gasteiger partial charge in [-0.15, -0.1) is 0 Å².